The zero-order valence-electron chi connectivity index (χ0n) is 27.7. The number of aryl methyl sites for hydroxylation is 4. The number of likely N-dealkylation sites (N-methyl/N-ethyl adjacent to an activating group) is 1. The zero-order valence-corrected chi connectivity index (χ0v) is 27.7. The van der Waals surface area contributed by atoms with Gasteiger partial charge in [-0.25, -0.2) is 14.5 Å². The van der Waals surface area contributed by atoms with E-state index < -0.39 is 6.09 Å². The molecule has 0 radical (unpaired) electrons. The molecular formula is C37H37N9O3. The molecule has 0 fully saturated rings. The monoisotopic (exact) mass is 655 g/mol. The fourth-order valence-electron chi connectivity index (χ4n) is 5.79. The van der Waals surface area contributed by atoms with Gasteiger partial charge in [-0.15, -0.1) is 0 Å². The van der Waals surface area contributed by atoms with Crippen molar-refractivity contribution >= 4 is 35.0 Å². The molecule has 2 aromatic carbocycles. The van der Waals surface area contributed by atoms with E-state index in [1.807, 2.05) is 79.2 Å². The Morgan fingerprint density at radius 2 is 1.92 bits per heavy atom. The molecule has 6 rings (SSSR count). The van der Waals surface area contributed by atoms with Crippen LogP contribution in [0.5, 0.6) is 0 Å². The van der Waals surface area contributed by atoms with Crippen molar-refractivity contribution < 1.29 is 14.3 Å². The molecule has 3 N–H and O–H groups in total. The Bertz CT molecular complexity index is 2040. The molecule has 49 heavy (non-hydrogen) atoms. The van der Waals surface area contributed by atoms with Crippen LogP contribution in [0, 0.1) is 25.2 Å². The van der Waals surface area contributed by atoms with Crippen molar-refractivity contribution in [3.63, 3.8) is 0 Å². The van der Waals surface area contributed by atoms with E-state index in [1.165, 1.54) is 0 Å². The molecule has 2 amide bonds. The van der Waals surface area contributed by atoms with Crippen LogP contribution in [0.3, 0.4) is 0 Å². The smallest absolute Gasteiger partial charge is 0.407 e. The first-order chi connectivity index (χ1) is 23.8. The Balaban J connectivity index is 1.12. The summed E-state index contributed by atoms with van der Waals surface area (Å²) in [4.78, 5) is 36.1. The van der Waals surface area contributed by atoms with E-state index in [-0.39, 0.29) is 18.2 Å². The Morgan fingerprint density at radius 3 is 2.67 bits per heavy atom. The summed E-state index contributed by atoms with van der Waals surface area (Å²) < 4.78 is 7.15. The number of aromatic nitrogens is 4. The first-order valence-electron chi connectivity index (χ1n) is 16.1. The van der Waals surface area contributed by atoms with Crippen LogP contribution in [-0.2, 0) is 24.3 Å². The summed E-state index contributed by atoms with van der Waals surface area (Å²) in [5.74, 6) is 0.703. The molecular weight excluding hydrogens is 618 g/mol. The van der Waals surface area contributed by atoms with E-state index >= 15 is 0 Å². The third kappa shape index (κ3) is 7.52. The second-order valence-corrected chi connectivity index (χ2v) is 11.7. The van der Waals surface area contributed by atoms with Crippen molar-refractivity contribution in [2.75, 3.05) is 35.2 Å². The number of amides is 2. The maximum atomic E-state index is 12.9. The van der Waals surface area contributed by atoms with Gasteiger partial charge in [-0.1, -0.05) is 36.4 Å². The highest BCUT2D eigenvalue weighted by atomic mass is 16.5. The lowest BCUT2D eigenvalue weighted by molar-refractivity contribution is 0.102. The molecule has 0 bridgehead atoms. The molecule has 4 heterocycles. The highest BCUT2D eigenvalue weighted by Crippen LogP contribution is 2.35. The molecule has 0 unspecified atom stereocenters. The minimum atomic E-state index is -0.448. The van der Waals surface area contributed by atoms with Crippen LogP contribution in [0.15, 0.2) is 79.0 Å². The molecule has 5 aromatic rings. The summed E-state index contributed by atoms with van der Waals surface area (Å²) in [6.45, 7) is 8.33. The van der Waals surface area contributed by atoms with E-state index in [1.54, 1.807) is 12.3 Å². The van der Waals surface area contributed by atoms with Crippen molar-refractivity contribution in [1.82, 2.24) is 25.1 Å². The highest BCUT2D eigenvalue weighted by Gasteiger charge is 2.24. The average molecular weight is 656 g/mol. The zero-order chi connectivity index (χ0) is 34.3. The lowest BCUT2D eigenvalue weighted by Crippen LogP contribution is -2.35. The van der Waals surface area contributed by atoms with Gasteiger partial charge in [0.2, 0.25) is 0 Å². The number of nitrogens with zero attached hydrogens (tertiary/aromatic N) is 6. The maximum absolute atomic E-state index is 12.9. The number of nitrogens with one attached hydrogen (secondary N) is 3. The third-order valence-electron chi connectivity index (χ3n) is 8.31. The van der Waals surface area contributed by atoms with Crippen LogP contribution in [0.1, 0.15) is 45.4 Å². The van der Waals surface area contributed by atoms with Gasteiger partial charge >= 0.3 is 6.09 Å². The van der Waals surface area contributed by atoms with E-state index in [0.717, 1.165) is 34.7 Å². The van der Waals surface area contributed by atoms with Gasteiger partial charge in [-0.3, -0.25) is 9.78 Å². The van der Waals surface area contributed by atoms with Crippen molar-refractivity contribution in [3.8, 4) is 17.3 Å². The van der Waals surface area contributed by atoms with Crippen LogP contribution in [0.4, 0.5) is 27.8 Å². The topological polar surface area (TPSA) is 150 Å². The molecule has 3 aromatic heterocycles. The van der Waals surface area contributed by atoms with Gasteiger partial charge in [0.05, 0.1) is 0 Å². The van der Waals surface area contributed by atoms with Crippen LogP contribution in [0.2, 0.25) is 0 Å². The van der Waals surface area contributed by atoms with Crippen LogP contribution in [-0.4, -0.2) is 51.4 Å². The van der Waals surface area contributed by atoms with Crippen molar-refractivity contribution in [2.45, 2.75) is 40.3 Å². The normalized spacial score (nSPS) is 11.6. The van der Waals surface area contributed by atoms with E-state index in [0.29, 0.717) is 60.1 Å². The maximum Gasteiger partial charge on any atom is 0.407 e. The lowest BCUT2D eigenvalue weighted by Gasteiger charge is -2.24. The van der Waals surface area contributed by atoms with Crippen molar-refractivity contribution in [2.24, 2.45) is 0 Å². The van der Waals surface area contributed by atoms with Gasteiger partial charge in [0.15, 0.2) is 0 Å². The lowest BCUT2D eigenvalue weighted by atomic mass is 10.1. The van der Waals surface area contributed by atoms with Gasteiger partial charge < -0.3 is 25.6 Å². The number of hydrogen-bond donors (Lipinski definition) is 3. The van der Waals surface area contributed by atoms with E-state index in [4.69, 9.17) is 9.84 Å². The second-order valence-electron chi connectivity index (χ2n) is 11.7. The number of alkyl carbamates (subject to hydrolysis) is 1. The SMILES string of the molecule is CCN(CCNC(=O)OCc1ccccc1)c1ccc2c(c1)CCn1nc(-c3cnc(C(=O)Nc4cccc(C)n4)c(C)c3)c(C#N)c1N2. The molecule has 0 saturated heterocycles. The van der Waals surface area contributed by atoms with E-state index in [2.05, 4.69) is 49.9 Å². The summed E-state index contributed by atoms with van der Waals surface area (Å²) >= 11 is 0. The largest absolute Gasteiger partial charge is 0.445 e. The van der Waals surface area contributed by atoms with Gasteiger partial charge in [0, 0.05) is 55.0 Å². The number of pyridine rings is 2. The molecule has 12 nitrogen and oxygen atoms in total. The van der Waals surface area contributed by atoms with Crippen molar-refractivity contribution in [3.05, 3.63) is 113 Å². The van der Waals surface area contributed by atoms with E-state index in [9.17, 15) is 14.9 Å². The van der Waals surface area contributed by atoms with Crippen LogP contribution >= 0.6 is 0 Å². The number of hydrogen-bond acceptors (Lipinski definition) is 9. The first kappa shape index (κ1) is 32.7. The molecule has 0 aliphatic carbocycles. The predicted octanol–water partition coefficient (Wildman–Crippen LogP) is 6.13. The summed E-state index contributed by atoms with van der Waals surface area (Å²) in [6.07, 6.45) is 1.82. The molecule has 1 aliphatic rings. The number of carbonyl (C=O) groups is 2. The molecule has 0 saturated carbocycles. The van der Waals surface area contributed by atoms with Gasteiger partial charge in [0.1, 0.15) is 41.3 Å². The average Bonchev–Trinajstić information content (AvgIpc) is 3.35. The second kappa shape index (κ2) is 14.7. The number of ether oxygens (including phenoxy) is 1. The quantitative estimate of drug-likeness (QED) is 0.161. The number of nitriles is 1. The summed E-state index contributed by atoms with van der Waals surface area (Å²) in [5.41, 5.74) is 7.23. The minimum Gasteiger partial charge on any atom is -0.445 e. The van der Waals surface area contributed by atoms with Crippen LogP contribution < -0.4 is 20.9 Å². The predicted molar refractivity (Wildman–Crippen MR) is 188 cm³/mol. The first-order valence-corrected chi connectivity index (χ1v) is 16.1. The number of fused-ring (bicyclic) bond motifs is 2. The number of carbonyl (C=O) groups excluding carboxylic acids is 2. The number of rotatable bonds is 10. The summed E-state index contributed by atoms with van der Waals surface area (Å²) in [5, 5.41) is 24.1. The van der Waals surface area contributed by atoms with Crippen molar-refractivity contribution in [1.29, 1.82) is 5.26 Å². The standard InChI is InChI=1S/C37H37N9O3/c1-4-45(18-16-39-37(48)49-23-26-10-6-5-7-11-26)29-13-14-31-27(20-29)15-17-46-35(42-31)30(21-38)34(44-46)28-19-24(2)33(40-22-28)36(47)43-32-12-8-9-25(3)41-32/h5-14,19-20,22,42H,4,15-18,23H2,1-3H3,(H,39,48)(H,41,43,47). The molecule has 248 valence electrons. The fourth-order valence-corrected chi connectivity index (χ4v) is 5.79. The molecule has 0 atom stereocenters. The summed E-state index contributed by atoms with van der Waals surface area (Å²) in [6, 6.07) is 25.3. The fraction of sp³-hybridized carbons (Fsp3) is 0.243. The minimum absolute atomic E-state index is 0.225. The van der Waals surface area contributed by atoms with Gasteiger partial charge in [0.25, 0.3) is 5.91 Å². The number of benzene rings is 2. The Labute approximate surface area is 284 Å². The molecule has 12 heteroatoms. The Morgan fingerprint density at radius 1 is 1.08 bits per heavy atom. The highest BCUT2D eigenvalue weighted by molar-refractivity contribution is 6.03. The van der Waals surface area contributed by atoms with Gasteiger partial charge in [-0.2, -0.15) is 10.4 Å². The Kier molecular flexibility index (Phi) is 9.80. The number of anilines is 4. The molecule has 1 aliphatic heterocycles. The summed E-state index contributed by atoms with van der Waals surface area (Å²) in [7, 11) is 0. The van der Waals surface area contributed by atoms with Gasteiger partial charge in [-0.05, 0) is 80.3 Å². The third-order valence-corrected chi connectivity index (χ3v) is 8.31. The van der Waals surface area contributed by atoms with Crippen LogP contribution in [0.25, 0.3) is 11.3 Å². The Hall–Kier alpha value is -6.22. The molecule has 0 spiro atoms.